The van der Waals surface area contributed by atoms with E-state index in [1.165, 1.54) is 37.7 Å². The van der Waals surface area contributed by atoms with Gasteiger partial charge in [-0.2, -0.15) is 0 Å². The highest BCUT2D eigenvalue weighted by molar-refractivity contribution is 5.94. The number of methoxy groups -OCH3 is 1. The molecule has 7 heteroatoms. The summed E-state index contributed by atoms with van der Waals surface area (Å²) in [6, 6.07) is 10.7. The second kappa shape index (κ2) is 7.60. The molecule has 1 aromatic heterocycles. The molecule has 0 saturated carbocycles. The molecular formula is C19H16FN3O3. The topological polar surface area (TPSA) is 87.3 Å². The lowest BCUT2D eigenvalue weighted by Crippen LogP contribution is -2.14. The summed E-state index contributed by atoms with van der Waals surface area (Å²) in [5.41, 5.74) is 7.17. The summed E-state index contributed by atoms with van der Waals surface area (Å²) in [5, 5.41) is 0. The smallest absolute Gasteiger partial charge is 0.249 e. The predicted molar refractivity (Wildman–Crippen MR) is 92.8 cm³/mol. The quantitative estimate of drug-likeness (QED) is 0.736. The zero-order valence-corrected chi connectivity index (χ0v) is 14.0. The summed E-state index contributed by atoms with van der Waals surface area (Å²) in [5.74, 6) is 0.380. The zero-order chi connectivity index (χ0) is 18.5. The van der Waals surface area contributed by atoms with Gasteiger partial charge in [-0.1, -0.05) is 6.07 Å². The van der Waals surface area contributed by atoms with Crippen molar-refractivity contribution in [1.29, 1.82) is 0 Å². The number of rotatable bonds is 6. The van der Waals surface area contributed by atoms with E-state index in [4.69, 9.17) is 15.2 Å². The van der Waals surface area contributed by atoms with Crippen LogP contribution in [0.15, 0.2) is 55.0 Å². The van der Waals surface area contributed by atoms with E-state index in [0.29, 0.717) is 40.5 Å². The summed E-state index contributed by atoms with van der Waals surface area (Å²) < 4.78 is 23.9. The number of halogens is 1. The Bertz CT molecular complexity index is 930. The lowest BCUT2D eigenvalue weighted by atomic mass is 10.0. The highest BCUT2D eigenvalue weighted by Crippen LogP contribution is 2.26. The van der Waals surface area contributed by atoms with E-state index in [0.717, 1.165) is 0 Å². The third-order valence-corrected chi connectivity index (χ3v) is 3.74. The number of amides is 1. The molecule has 0 radical (unpaired) electrons. The van der Waals surface area contributed by atoms with Crippen molar-refractivity contribution in [3.05, 3.63) is 77.5 Å². The summed E-state index contributed by atoms with van der Waals surface area (Å²) in [7, 11) is 1.51. The monoisotopic (exact) mass is 353 g/mol. The van der Waals surface area contributed by atoms with Crippen molar-refractivity contribution < 1.29 is 18.7 Å². The highest BCUT2D eigenvalue weighted by Gasteiger charge is 2.14. The standard InChI is InChI=1S/C19H16FN3O3/c1-25-16-5-2-12(17(9-16)18(21)24)8-13-10-22-11-23-19(13)26-15-6-3-14(20)4-7-15/h2-7,9-11H,8H2,1H3,(H2,21,24). The zero-order valence-electron chi connectivity index (χ0n) is 14.0. The molecule has 0 aliphatic rings. The maximum Gasteiger partial charge on any atom is 0.249 e. The molecule has 132 valence electrons. The number of primary amides is 1. The molecule has 0 aliphatic carbocycles. The van der Waals surface area contributed by atoms with E-state index in [2.05, 4.69) is 9.97 Å². The van der Waals surface area contributed by atoms with E-state index in [-0.39, 0.29) is 5.82 Å². The van der Waals surface area contributed by atoms with E-state index >= 15 is 0 Å². The second-order valence-corrected chi connectivity index (χ2v) is 5.47. The van der Waals surface area contributed by atoms with Crippen molar-refractivity contribution in [1.82, 2.24) is 9.97 Å². The molecule has 0 aliphatic heterocycles. The van der Waals surface area contributed by atoms with Gasteiger partial charge in [0.1, 0.15) is 23.6 Å². The van der Waals surface area contributed by atoms with Crippen LogP contribution in [0.25, 0.3) is 0 Å². The Balaban J connectivity index is 1.91. The van der Waals surface area contributed by atoms with Gasteiger partial charge in [-0.05, 0) is 42.0 Å². The molecule has 0 unspecified atom stereocenters. The molecule has 3 aromatic rings. The molecule has 6 nitrogen and oxygen atoms in total. The van der Waals surface area contributed by atoms with Gasteiger partial charge in [0.25, 0.3) is 0 Å². The highest BCUT2D eigenvalue weighted by atomic mass is 19.1. The molecule has 0 atom stereocenters. The Kier molecular flexibility index (Phi) is 5.07. The first-order valence-corrected chi connectivity index (χ1v) is 7.76. The molecule has 3 rings (SSSR count). The maximum atomic E-state index is 13.0. The number of carbonyl (C=O) groups is 1. The summed E-state index contributed by atoms with van der Waals surface area (Å²) in [6.07, 6.45) is 3.28. The van der Waals surface area contributed by atoms with Crippen molar-refractivity contribution in [3.8, 4) is 17.4 Å². The Labute approximate surface area is 149 Å². The fourth-order valence-corrected chi connectivity index (χ4v) is 2.45. The van der Waals surface area contributed by atoms with Crippen molar-refractivity contribution in [2.45, 2.75) is 6.42 Å². The third kappa shape index (κ3) is 3.94. The Hall–Kier alpha value is -3.48. The van der Waals surface area contributed by atoms with Gasteiger partial charge in [0.2, 0.25) is 11.8 Å². The molecule has 0 bridgehead atoms. The Morgan fingerprint density at radius 1 is 1.12 bits per heavy atom. The van der Waals surface area contributed by atoms with Gasteiger partial charge in [0, 0.05) is 23.7 Å². The van der Waals surface area contributed by atoms with Gasteiger partial charge < -0.3 is 15.2 Å². The molecule has 0 fully saturated rings. The van der Waals surface area contributed by atoms with Crippen LogP contribution in [0.5, 0.6) is 17.4 Å². The average molecular weight is 353 g/mol. The van der Waals surface area contributed by atoms with Crippen LogP contribution in [0.3, 0.4) is 0 Å². The van der Waals surface area contributed by atoms with Crippen LogP contribution in [-0.4, -0.2) is 23.0 Å². The van der Waals surface area contributed by atoms with Crippen molar-refractivity contribution >= 4 is 5.91 Å². The summed E-state index contributed by atoms with van der Waals surface area (Å²) in [6.45, 7) is 0. The van der Waals surface area contributed by atoms with Gasteiger partial charge in [-0.25, -0.2) is 14.4 Å². The first kappa shape index (κ1) is 17.3. The van der Waals surface area contributed by atoms with Crippen LogP contribution in [0.2, 0.25) is 0 Å². The van der Waals surface area contributed by atoms with Gasteiger partial charge in [0.05, 0.1) is 7.11 Å². The Morgan fingerprint density at radius 2 is 1.85 bits per heavy atom. The number of benzene rings is 2. The number of nitrogens with two attached hydrogens (primary N) is 1. The van der Waals surface area contributed by atoms with Crippen LogP contribution in [0.1, 0.15) is 21.5 Å². The first-order valence-electron chi connectivity index (χ1n) is 7.76. The number of aromatic nitrogens is 2. The van der Waals surface area contributed by atoms with Crippen LogP contribution in [-0.2, 0) is 6.42 Å². The molecule has 1 heterocycles. The molecule has 0 spiro atoms. The third-order valence-electron chi connectivity index (χ3n) is 3.74. The van der Waals surface area contributed by atoms with Gasteiger partial charge in [-0.15, -0.1) is 0 Å². The lowest BCUT2D eigenvalue weighted by Gasteiger charge is -2.12. The van der Waals surface area contributed by atoms with Crippen LogP contribution in [0.4, 0.5) is 4.39 Å². The predicted octanol–water partition coefficient (Wildman–Crippen LogP) is 3.11. The maximum absolute atomic E-state index is 13.0. The fraction of sp³-hybridized carbons (Fsp3) is 0.105. The van der Waals surface area contributed by atoms with Gasteiger partial charge >= 0.3 is 0 Å². The number of nitrogens with zero attached hydrogens (tertiary/aromatic N) is 2. The number of carbonyl (C=O) groups excluding carboxylic acids is 1. The molecular weight excluding hydrogens is 337 g/mol. The molecule has 0 saturated heterocycles. The number of hydrogen-bond acceptors (Lipinski definition) is 5. The van der Waals surface area contributed by atoms with Crippen LogP contribution < -0.4 is 15.2 Å². The molecule has 26 heavy (non-hydrogen) atoms. The van der Waals surface area contributed by atoms with Crippen LogP contribution in [0, 0.1) is 5.82 Å². The van der Waals surface area contributed by atoms with E-state index in [1.54, 1.807) is 24.4 Å². The first-order chi connectivity index (χ1) is 12.6. The summed E-state index contributed by atoms with van der Waals surface area (Å²) >= 11 is 0. The molecule has 2 aromatic carbocycles. The van der Waals surface area contributed by atoms with Crippen molar-refractivity contribution in [2.75, 3.05) is 7.11 Å². The molecule has 2 N–H and O–H groups in total. The minimum absolute atomic E-state index is 0.317. The second-order valence-electron chi connectivity index (χ2n) is 5.47. The van der Waals surface area contributed by atoms with Crippen molar-refractivity contribution in [2.24, 2.45) is 5.73 Å². The SMILES string of the molecule is COc1ccc(Cc2cncnc2Oc2ccc(F)cc2)c(C(N)=O)c1. The van der Waals surface area contributed by atoms with Gasteiger partial charge in [-0.3, -0.25) is 4.79 Å². The number of hydrogen-bond donors (Lipinski definition) is 1. The minimum atomic E-state index is -0.559. The lowest BCUT2D eigenvalue weighted by molar-refractivity contribution is 0.0999. The van der Waals surface area contributed by atoms with E-state index < -0.39 is 5.91 Å². The Morgan fingerprint density at radius 3 is 2.54 bits per heavy atom. The van der Waals surface area contributed by atoms with Crippen LogP contribution >= 0.6 is 0 Å². The van der Waals surface area contributed by atoms with Crippen molar-refractivity contribution in [3.63, 3.8) is 0 Å². The molecule has 1 amide bonds. The van der Waals surface area contributed by atoms with E-state index in [1.807, 2.05) is 0 Å². The average Bonchev–Trinajstić information content (AvgIpc) is 2.65. The normalized spacial score (nSPS) is 10.4. The summed E-state index contributed by atoms with van der Waals surface area (Å²) in [4.78, 5) is 19.9. The minimum Gasteiger partial charge on any atom is -0.497 e. The number of ether oxygens (including phenoxy) is 2. The fourth-order valence-electron chi connectivity index (χ4n) is 2.45. The van der Waals surface area contributed by atoms with E-state index in [9.17, 15) is 9.18 Å². The van der Waals surface area contributed by atoms with Gasteiger partial charge in [0.15, 0.2) is 0 Å². The largest absolute Gasteiger partial charge is 0.497 e.